The van der Waals surface area contributed by atoms with Crippen molar-refractivity contribution in [2.75, 3.05) is 39.5 Å². The fraction of sp³-hybridized carbons (Fsp3) is 0.341. The first-order valence-electron chi connectivity index (χ1n) is 18.7. The Labute approximate surface area is 317 Å². The van der Waals surface area contributed by atoms with Gasteiger partial charge in [-0.15, -0.1) is 0 Å². The summed E-state index contributed by atoms with van der Waals surface area (Å²) in [6.07, 6.45) is 6.78. The summed E-state index contributed by atoms with van der Waals surface area (Å²) < 4.78 is 18.2. The molecule has 2 saturated heterocycles. The highest BCUT2D eigenvalue weighted by Gasteiger charge is 2.39. The third kappa shape index (κ3) is 9.55. The van der Waals surface area contributed by atoms with Crippen LogP contribution in [0.15, 0.2) is 109 Å². The molecule has 3 amide bonds. The Morgan fingerprint density at radius 1 is 0.870 bits per heavy atom. The summed E-state index contributed by atoms with van der Waals surface area (Å²) in [5.41, 5.74) is 6.51. The first kappa shape index (κ1) is 38.3. The van der Waals surface area contributed by atoms with Crippen molar-refractivity contribution in [2.24, 2.45) is 0 Å². The summed E-state index contributed by atoms with van der Waals surface area (Å²) in [6.45, 7) is 14.5. The van der Waals surface area contributed by atoms with Crippen LogP contribution in [0.2, 0.25) is 0 Å². The molecular formula is C44H49N3O7. The number of ether oxygens (including phenoxy) is 3. The van der Waals surface area contributed by atoms with Gasteiger partial charge in [-0.1, -0.05) is 68.6 Å². The maximum atomic E-state index is 12.9. The number of hydrogen-bond acceptors (Lipinski definition) is 8. The summed E-state index contributed by atoms with van der Waals surface area (Å²) in [6, 6.07) is 23.1. The van der Waals surface area contributed by atoms with Crippen molar-refractivity contribution in [3.8, 4) is 11.5 Å². The average Bonchev–Trinajstić information content (AvgIpc) is 3.50. The first-order chi connectivity index (χ1) is 26.2. The standard InChI is InChI=1S/C44H49N3O7/c1-4-38(32-8-6-5-7-9-32)42(30(2)10-11-31(3)48)33-12-14-35(15-13-33)52-25-24-46-22-20-36(21-23-46)53-26-27-54-37-16-17-39-34(28-37)29-47(44(39)51)40-18-19-41(49)45-43(40)50/h5-17,28,36,40,48H,2-4,18-27,29H2,1H3,(H,45,49,50)/b11-10-,42-38-. The third-order valence-corrected chi connectivity index (χ3v) is 10.1. The van der Waals surface area contributed by atoms with Gasteiger partial charge in [0.25, 0.3) is 5.91 Å². The molecule has 6 rings (SSSR count). The zero-order valence-electron chi connectivity index (χ0n) is 30.9. The maximum Gasteiger partial charge on any atom is 0.255 e. The minimum atomic E-state index is -0.635. The number of benzene rings is 3. The Balaban J connectivity index is 0.917. The number of aliphatic hydroxyl groups is 1. The van der Waals surface area contributed by atoms with Crippen LogP contribution in [0, 0.1) is 0 Å². The number of likely N-dealkylation sites (tertiary alicyclic amines) is 1. The first-order valence-corrected chi connectivity index (χ1v) is 18.7. The predicted octanol–water partition coefficient (Wildman–Crippen LogP) is 6.89. The van der Waals surface area contributed by atoms with Gasteiger partial charge in [0.05, 0.1) is 12.7 Å². The predicted molar refractivity (Wildman–Crippen MR) is 209 cm³/mol. The van der Waals surface area contributed by atoms with Crippen LogP contribution in [-0.4, -0.2) is 84.2 Å². The fourth-order valence-corrected chi connectivity index (χ4v) is 7.32. The van der Waals surface area contributed by atoms with E-state index in [-0.39, 0.29) is 30.1 Å². The molecule has 0 aliphatic carbocycles. The van der Waals surface area contributed by atoms with Gasteiger partial charge in [-0.25, -0.2) is 0 Å². The summed E-state index contributed by atoms with van der Waals surface area (Å²) >= 11 is 0. The summed E-state index contributed by atoms with van der Waals surface area (Å²) in [5.74, 6) is 0.528. The smallest absolute Gasteiger partial charge is 0.255 e. The van der Waals surface area contributed by atoms with Crippen LogP contribution in [0.25, 0.3) is 11.1 Å². The number of carbonyl (C=O) groups excluding carboxylic acids is 3. The van der Waals surface area contributed by atoms with Gasteiger partial charge in [0.15, 0.2) is 0 Å². The fourth-order valence-electron chi connectivity index (χ4n) is 7.32. The Morgan fingerprint density at radius 3 is 2.30 bits per heavy atom. The molecule has 0 spiro atoms. The summed E-state index contributed by atoms with van der Waals surface area (Å²) in [7, 11) is 0. The van der Waals surface area contributed by atoms with Gasteiger partial charge in [-0.05, 0) is 95.5 Å². The van der Waals surface area contributed by atoms with E-state index < -0.39 is 11.9 Å². The molecule has 3 aliphatic heterocycles. The Hall–Kier alpha value is -5.45. The lowest BCUT2D eigenvalue weighted by molar-refractivity contribution is -0.136. The number of hydrogen-bond donors (Lipinski definition) is 2. The zero-order valence-corrected chi connectivity index (χ0v) is 30.9. The number of allylic oxidation sites excluding steroid dienone is 5. The molecule has 0 bridgehead atoms. The maximum absolute atomic E-state index is 12.9. The van der Waals surface area contributed by atoms with Crippen LogP contribution >= 0.6 is 0 Å². The van der Waals surface area contributed by atoms with E-state index in [1.165, 1.54) is 10.5 Å². The molecular weight excluding hydrogens is 682 g/mol. The van der Waals surface area contributed by atoms with Crippen LogP contribution in [0.4, 0.5) is 0 Å². The SMILES string of the molecule is C=C(O)/C=C\C(=C)/C(=C(\CC)c1ccccc1)c1ccc(OCCN2CCC(OCCOc3ccc4c(c3)CN(C3CCC(=O)NC3=O)C4=O)CC2)cc1. The monoisotopic (exact) mass is 731 g/mol. The van der Waals surface area contributed by atoms with Crippen LogP contribution in [0.1, 0.15) is 66.1 Å². The number of piperidine rings is 2. The van der Waals surface area contributed by atoms with Gasteiger partial charge < -0.3 is 24.2 Å². The second-order valence-corrected chi connectivity index (χ2v) is 13.8. The van der Waals surface area contributed by atoms with E-state index in [1.807, 2.05) is 36.4 Å². The molecule has 3 aliphatic rings. The molecule has 0 aromatic heterocycles. The number of rotatable bonds is 16. The molecule has 54 heavy (non-hydrogen) atoms. The highest BCUT2D eigenvalue weighted by Crippen LogP contribution is 2.35. The van der Waals surface area contributed by atoms with Crippen molar-refractivity contribution in [2.45, 2.75) is 57.7 Å². The Kier molecular flexibility index (Phi) is 12.8. The Morgan fingerprint density at radius 2 is 1.59 bits per heavy atom. The van der Waals surface area contributed by atoms with E-state index in [4.69, 9.17) is 14.2 Å². The topological polar surface area (TPSA) is 118 Å². The molecule has 3 aromatic rings. The lowest BCUT2D eigenvalue weighted by Crippen LogP contribution is -2.52. The molecule has 1 atom stereocenters. The minimum Gasteiger partial charge on any atom is -0.509 e. The van der Waals surface area contributed by atoms with Crippen LogP contribution < -0.4 is 14.8 Å². The number of imide groups is 1. The van der Waals surface area contributed by atoms with E-state index in [9.17, 15) is 19.5 Å². The van der Waals surface area contributed by atoms with Crippen molar-refractivity contribution in [3.05, 3.63) is 132 Å². The second-order valence-electron chi connectivity index (χ2n) is 13.8. The molecule has 282 valence electrons. The molecule has 10 nitrogen and oxygen atoms in total. The van der Waals surface area contributed by atoms with E-state index in [0.29, 0.717) is 44.1 Å². The average molecular weight is 732 g/mol. The van der Waals surface area contributed by atoms with E-state index in [2.05, 4.69) is 54.6 Å². The molecule has 0 radical (unpaired) electrons. The highest BCUT2D eigenvalue weighted by atomic mass is 16.5. The Bertz CT molecular complexity index is 1910. The van der Waals surface area contributed by atoms with Crippen molar-refractivity contribution in [1.29, 1.82) is 0 Å². The lowest BCUT2D eigenvalue weighted by atomic mass is 9.88. The molecule has 10 heteroatoms. The molecule has 1 unspecified atom stereocenters. The van der Waals surface area contributed by atoms with E-state index in [0.717, 1.165) is 72.5 Å². The second kappa shape index (κ2) is 18.1. The number of aliphatic hydroxyl groups excluding tert-OH is 1. The van der Waals surface area contributed by atoms with Crippen LogP contribution in [0.3, 0.4) is 0 Å². The largest absolute Gasteiger partial charge is 0.509 e. The van der Waals surface area contributed by atoms with Gasteiger partial charge >= 0.3 is 0 Å². The normalized spacial score (nSPS) is 18.4. The lowest BCUT2D eigenvalue weighted by Gasteiger charge is -2.31. The number of carbonyl (C=O) groups is 3. The zero-order chi connectivity index (χ0) is 38.0. The van der Waals surface area contributed by atoms with Crippen molar-refractivity contribution in [3.63, 3.8) is 0 Å². The molecule has 3 heterocycles. The number of fused-ring (bicyclic) bond motifs is 1. The molecule has 2 N–H and O–H groups in total. The van der Waals surface area contributed by atoms with Crippen molar-refractivity contribution in [1.82, 2.24) is 15.1 Å². The number of nitrogens with zero attached hydrogens (tertiary/aromatic N) is 2. The molecule has 0 saturated carbocycles. The van der Waals surface area contributed by atoms with Gasteiger partial charge in [-0.3, -0.25) is 24.6 Å². The summed E-state index contributed by atoms with van der Waals surface area (Å²) in [5, 5.41) is 12.0. The van der Waals surface area contributed by atoms with Gasteiger partial charge in [0.2, 0.25) is 11.8 Å². The summed E-state index contributed by atoms with van der Waals surface area (Å²) in [4.78, 5) is 40.7. The highest BCUT2D eigenvalue weighted by molar-refractivity contribution is 6.05. The van der Waals surface area contributed by atoms with Crippen LogP contribution in [0.5, 0.6) is 11.5 Å². The third-order valence-electron chi connectivity index (χ3n) is 10.1. The van der Waals surface area contributed by atoms with Crippen molar-refractivity contribution < 1.29 is 33.7 Å². The number of amides is 3. The van der Waals surface area contributed by atoms with Gasteiger partial charge in [0, 0.05) is 38.2 Å². The van der Waals surface area contributed by atoms with Crippen LogP contribution in [-0.2, 0) is 20.9 Å². The molecule has 3 aromatic carbocycles. The minimum absolute atomic E-state index is 0.0177. The van der Waals surface area contributed by atoms with E-state index in [1.54, 1.807) is 24.3 Å². The van der Waals surface area contributed by atoms with E-state index >= 15 is 0 Å². The van der Waals surface area contributed by atoms with Crippen molar-refractivity contribution >= 4 is 28.9 Å². The van der Waals surface area contributed by atoms with Gasteiger partial charge in [0.1, 0.15) is 36.5 Å². The molecule has 2 fully saturated rings. The quantitative estimate of drug-likeness (QED) is 0.0538. The number of nitrogens with one attached hydrogen (secondary N) is 1. The van der Waals surface area contributed by atoms with Gasteiger partial charge in [-0.2, -0.15) is 0 Å².